The van der Waals surface area contributed by atoms with Crippen molar-refractivity contribution in [1.29, 1.82) is 0 Å². The zero-order valence-electron chi connectivity index (χ0n) is 10.0. The van der Waals surface area contributed by atoms with Crippen molar-refractivity contribution in [3.8, 4) is 0 Å². The van der Waals surface area contributed by atoms with Crippen molar-refractivity contribution >= 4 is 16.3 Å². The second-order valence-electron chi connectivity index (χ2n) is 3.45. The lowest BCUT2D eigenvalue weighted by molar-refractivity contribution is -2.00. The van der Waals surface area contributed by atoms with Gasteiger partial charge in [-0.05, 0) is 23.2 Å². The maximum atomic E-state index is 8.49. The molecule has 2 rings (SSSR count). The molecule has 0 aliphatic rings. The highest BCUT2D eigenvalue weighted by Crippen LogP contribution is 2.10. The predicted molar refractivity (Wildman–Crippen MR) is 51.9 cm³/mol. The zero-order chi connectivity index (χ0) is 13.9. The monoisotopic (exact) mass is 293 g/mol. The van der Waals surface area contributed by atoms with E-state index in [1.807, 2.05) is 10.7 Å². The highest BCUT2D eigenvalue weighted by atomic mass is 35.7. The van der Waals surface area contributed by atoms with Gasteiger partial charge in [0, 0.05) is 18.9 Å². The van der Waals surface area contributed by atoms with E-state index in [4.69, 9.17) is 18.6 Å². The third kappa shape index (κ3) is 4.41. The average molecular weight is 294 g/mol. The molecule has 0 radical (unpaired) electrons. The summed E-state index contributed by atoms with van der Waals surface area (Å²) in [6, 6.07) is 0. The van der Waals surface area contributed by atoms with E-state index >= 15 is 0 Å². The highest BCUT2D eigenvalue weighted by molar-refractivity contribution is 7.16. The van der Waals surface area contributed by atoms with Gasteiger partial charge in [-0.3, -0.25) is 0 Å². The second-order valence-corrected chi connectivity index (χ2v) is 5.24. The van der Waals surface area contributed by atoms with Crippen LogP contribution < -0.4 is 23.2 Å². The van der Waals surface area contributed by atoms with Crippen molar-refractivity contribution in [3.63, 3.8) is 0 Å². The molecular weight excluding hydrogens is 282 g/mol. The van der Waals surface area contributed by atoms with Gasteiger partial charge in [0.25, 0.3) is 0 Å². The highest BCUT2D eigenvalue weighted by Gasteiger charge is 2.14. The minimum Gasteiger partial charge on any atom is -0.222 e. The fourth-order valence-electron chi connectivity index (χ4n) is 1.18. The SMILES string of the molecule is CCc1n[n+]2c(C)c(C)cnc2s1.[O-][Cl+3]([O-])([O-])[O-]. The maximum Gasteiger partial charge on any atom is 0.409 e. The summed E-state index contributed by atoms with van der Waals surface area (Å²) in [7, 11) is -4.94. The standard InChI is InChI=1S/C9H12N3S.ClHO4/c1-4-8-11-12-7(3)6(2)5-10-9(12)13-8;2-1(3,4)5/h5H,4H2,1-3H3;(H,2,3,4,5)/q+1;/p-1. The van der Waals surface area contributed by atoms with Crippen LogP contribution in [-0.4, -0.2) is 10.1 Å². The number of halogens is 1. The molecule has 0 unspecified atom stereocenters. The van der Waals surface area contributed by atoms with Crippen molar-refractivity contribution in [2.45, 2.75) is 27.2 Å². The van der Waals surface area contributed by atoms with Crippen LogP contribution in [0.15, 0.2) is 6.20 Å². The summed E-state index contributed by atoms with van der Waals surface area (Å²) < 4.78 is 35.9. The molecule has 0 N–H and O–H groups in total. The molecule has 100 valence electrons. The zero-order valence-corrected chi connectivity index (χ0v) is 11.6. The third-order valence-electron chi connectivity index (χ3n) is 2.16. The van der Waals surface area contributed by atoms with E-state index in [1.54, 1.807) is 11.3 Å². The number of aromatic nitrogens is 3. The molecule has 9 heteroatoms. The molecule has 0 aromatic carbocycles. The summed E-state index contributed by atoms with van der Waals surface area (Å²) in [4.78, 5) is 5.32. The number of fused-ring (bicyclic) bond motifs is 1. The molecule has 0 atom stereocenters. The molecule has 0 aliphatic heterocycles. The first-order valence-corrected chi connectivity index (χ1v) is 7.03. The van der Waals surface area contributed by atoms with E-state index in [0.29, 0.717) is 0 Å². The van der Waals surface area contributed by atoms with Crippen LogP contribution in [0, 0.1) is 24.1 Å². The van der Waals surface area contributed by atoms with Crippen LogP contribution >= 0.6 is 11.3 Å². The number of nitrogens with zero attached hydrogens (tertiary/aromatic N) is 3. The summed E-state index contributed by atoms with van der Waals surface area (Å²) in [5.41, 5.74) is 2.37. The third-order valence-corrected chi connectivity index (χ3v) is 3.23. The van der Waals surface area contributed by atoms with Gasteiger partial charge in [0.2, 0.25) is 0 Å². The number of hydrogen-bond acceptors (Lipinski definition) is 7. The Balaban J connectivity index is 0.000000280. The van der Waals surface area contributed by atoms with E-state index in [1.165, 1.54) is 11.3 Å². The fraction of sp³-hybridized carbons (Fsp3) is 0.444. The molecular formula is C9H12ClN3O4S. The summed E-state index contributed by atoms with van der Waals surface area (Å²) >= 11 is 1.66. The van der Waals surface area contributed by atoms with E-state index < -0.39 is 10.2 Å². The first-order chi connectivity index (χ1) is 8.22. The topological polar surface area (TPSA) is 122 Å². The minimum atomic E-state index is -4.94. The molecule has 0 spiro atoms. The molecule has 2 heterocycles. The summed E-state index contributed by atoms with van der Waals surface area (Å²) in [5.74, 6) is 0. The van der Waals surface area contributed by atoms with Crippen LogP contribution in [0.3, 0.4) is 0 Å². The quantitative estimate of drug-likeness (QED) is 0.508. The average Bonchev–Trinajstić information content (AvgIpc) is 2.65. The van der Waals surface area contributed by atoms with Crippen LogP contribution in [0.2, 0.25) is 0 Å². The van der Waals surface area contributed by atoms with Crippen molar-refractivity contribution in [2.75, 3.05) is 0 Å². The molecule has 2 aromatic rings. The van der Waals surface area contributed by atoms with Gasteiger partial charge in [0.1, 0.15) is 16.9 Å². The Labute approximate surface area is 110 Å². The molecule has 0 bridgehead atoms. The smallest absolute Gasteiger partial charge is 0.222 e. The van der Waals surface area contributed by atoms with Crippen LogP contribution in [0.5, 0.6) is 0 Å². The Hall–Kier alpha value is -0.900. The van der Waals surface area contributed by atoms with Gasteiger partial charge in [-0.25, -0.2) is 18.6 Å². The molecule has 0 amide bonds. The van der Waals surface area contributed by atoms with Crippen LogP contribution in [-0.2, 0) is 6.42 Å². The van der Waals surface area contributed by atoms with E-state index in [9.17, 15) is 0 Å². The van der Waals surface area contributed by atoms with E-state index in [0.717, 1.165) is 16.4 Å². The Morgan fingerprint density at radius 2 is 1.83 bits per heavy atom. The van der Waals surface area contributed by atoms with Gasteiger partial charge in [-0.2, -0.15) is 0 Å². The molecule has 18 heavy (non-hydrogen) atoms. The van der Waals surface area contributed by atoms with Crippen molar-refractivity contribution in [2.24, 2.45) is 0 Å². The fourth-order valence-corrected chi connectivity index (χ4v) is 2.03. The van der Waals surface area contributed by atoms with Crippen molar-refractivity contribution < 1.29 is 33.4 Å². The van der Waals surface area contributed by atoms with Gasteiger partial charge in [0.05, 0.1) is 0 Å². The molecule has 0 saturated heterocycles. The van der Waals surface area contributed by atoms with Crippen molar-refractivity contribution in [1.82, 2.24) is 10.1 Å². The first kappa shape index (κ1) is 15.2. The Bertz CT molecular complexity index is 534. The Kier molecular flexibility index (Phi) is 4.91. The van der Waals surface area contributed by atoms with Crippen LogP contribution in [0.4, 0.5) is 0 Å². The Morgan fingerprint density at radius 1 is 1.28 bits per heavy atom. The van der Waals surface area contributed by atoms with Gasteiger partial charge in [-0.15, -0.1) is 10.2 Å². The lowest BCUT2D eigenvalue weighted by atomic mass is 10.3. The first-order valence-electron chi connectivity index (χ1n) is 4.98. The molecule has 7 nitrogen and oxygen atoms in total. The lowest BCUT2D eigenvalue weighted by Gasteiger charge is -2.17. The molecule has 2 aromatic heterocycles. The molecule has 0 aliphatic carbocycles. The van der Waals surface area contributed by atoms with Gasteiger partial charge < -0.3 is 0 Å². The predicted octanol–water partition coefficient (Wildman–Crippen LogP) is -3.30. The molecule has 0 saturated carbocycles. The largest absolute Gasteiger partial charge is 0.409 e. The maximum absolute atomic E-state index is 8.49. The van der Waals surface area contributed by atoms with Gasteiger partial charge in [-0.1, -0.05) is 16.5 Å². The van der Waals surface area contributed by atoms with E-state index in [-0.39, 0.29) is 0 Å². The summed E-state index contributed by atoms with van der Waals surface area (Å²) in [6.45, 7) is 6.24. The number of rotatable bonds is 1. The number of hydrogen-bond donors (Lipinski definition) is 0. The number of aryl methyl sites for hydroxylation is 3. The minimum absolute atomic E-state index is 0.979. The molecule has 0 fully saturated rings. The van der Waals surface area contributed by atoms with E-state index in [2.05, 4.69) is 30.9 Å². The van der Waals surface area contributed by atoms with Crippen molar-refractivity contribution in [3.05, 3.63) is 22.5 Å². The van der Waals surface area contributed by atoms with Crippen LogP contribution in [0.25, 0.3) is 4.96 Å². The van der Waals surface area contributed by atoms with Crippen LogP contribution in [0.1, 0.15) is 23.2 Å². The van der Waals surface area contributed by atoms with Gasteiger partial charge in [0.15, 0.2) is 0 Å². The normalized spacial score (nSPS) is 11.3. The lowest BCUT2D eigenvalue weighted by Crippen LogP contribution is -2.68. The second kappa shape index (κ2) is 5.83. The summed E-state index contributed by atoms with van der Waals surface area (Å²) in [5, 5.41) is 5.60. The van der Waals surface area contributed by atoms with Gasteiger partial charge >= 0.3 is 4.96 Å². The summed E-state index contributed by atoms with van der Waals surface area (Å²) in [6.07, 6.45) is 2.88. The Morgan fingerprint density at radius 3 is 2.33 bits per heavy atom.